The van der Waals surface area contributed by atoms with Gasteiger partial charge in [-0.2, -0.15) is 0 Å². The molecule has 17 heavy (non-hydrogen) atoms. The maximum absolute atomic E-state index is 10.9. The van der Waals surface area contributed by atoms with E-state index in [1.807, 2.05) is 0 Å². The number of nitrogens with zero attached hydrogens (tertiary/aromatic N) is 1. The van der Waals surface area contributed by atoms with Crippen LogP contribution in [0.15, 0.2) is 17.5 Å². The molecule has 0 bridgehead atoms. The second-order valence-electron chi connectivity index (χ2n) is 4.66. The number of likely N-dealkylation sites (tertiary alicyclic amines) is 1. The van der Waals surface area contributed by atoms with Gasteiger partial charge in [-0.25, -0.2) is 0 Å². The normalized spacial score (nSPS) is 21.5. The van der Waals surface area contributed by atoms with Gasteiger partial charge in [0.1, 0.15) is 0 Å². The highest BCUT2D eigenvalue weighted by Gasteiger charge is 2.24. The molecule has 0 saturated carbocycles. The highest BCUT2D eigenvalue weighted by Crippen LogP contribution is 2.17. The smallest absolute Gasteiger partial charge is 0.307 e. The molecule has 0 spiro atoms. The number of carboxylic acid groups (broad SMARTS) is 1. The van der Waals surface area contributed by atoms with Crippen LogP contribution in [0.3, 0.4) is 0 Å². The number of piperidine rings is 1. The van der Waals surface area contributed by atoms with Crippen molar-refractivity contribution in [1.29, 1.82) is 0 Å². The minimum absolute atomic E-state index is 0.148. The highest BCUT2D eigenvalue weighted by atomic mass is 32.1. The molecule has 2 heterocycles. The average Bonchev–Trinajstić information content (AvgIpc) is 2.82. The van der Waals surface area contributed by atoms with Crippen molar-refractivity contribution in [3.8, 4) is 0 Å². The van der Waals surface area contributed by atoms with Gasteiger partial charge < -0.3 is 10.0 Å². The van der Waals surface area contributed by atoms with E-state index < -0.39 is 5.97 Å². The Morgan fingerprint density at radius 3 is 3.18 bits per heavy atom. The van der Waals surface area contributed by atoms with Crippen molar-refractivity contribution in [2.45, 2.75) is 25.7 Å². The summed E-state index contributed by atoms with van der Waals surface area (Å²) in [6.45, 7) is 2.83. The Labute approximate surface area is 106 Å². The Morgan fingerprint density at radius 2 is 2.47 bits per heavy atom. The van der Waals surface area contributed by atoms with Crippen LogP contribution >= 0.6 is 11.3 Å². The van der Waals surface area contributed by atoms with Crippen molar-refractivity contribution < 1.29 is 9.90 Å². The van der Waals surface area contributed by atoms with Gasteiger partial charge in [0.25, 0.3) is 0 Å². The van der Waals surface area contributed by atoms with E-state index in [4.69, 9.17) is 5.11 Å². The van der Waals surface area contributed by atoms with Crippen LogP contribution in [0.5, 0.6) is 0 Å². The zero-order valence-electron chi connectivity index (χ0n) is 9.97. The van der Waals surface area contributed by atoms with Crippen LogP contribution < -0.4 is 0 Å². The Kier molecular flexibility index (Phi) is 4.57. The molecule has 94 valence electrons. The lowest BCUT2D eigenvalue weighted by Gasteiger charge is -2.30. The molecule has 1 unspecified atom stereocenters. The molecular weight excluding hydrogens is 234 g/mol. The molecule has 1 saturated heterocycles. The van der Waals surface area contributed by atoms with Crippen LogP contribution in [0.2, 0.25) is 0 Å². The molecule has 0 aromatic carbocycles. The predicted molar refractivity (Wildman–Crippen MR) is 69.4 cm³/mol. The van der Waals surface area contributed by atoms with Gasteiger partial charge in [-0.3, -0.25) is 4.79 Å². The summed E-state index contributed by atoms with van der Waals surface area (Å²) >= 11 is 1.80. The van der Waals surface area contributed by atoms with E-state index in [1.165, 1.54) is 4.88 Å². The topological polar surface area (TPSA) is 40.5 Å². The molecule has 1 aromatic heterocycles. The van der Waals surface area contributed by atoms with Crippen LogP contribution in [-0.4, -0.2) is 35.6 Å². The number of hydrogen-bond donors (Lipinski definition) is 1. The summed E-state index contributed by atoms with van der Waals surface area (Å²) in [5.74, 6) is -0.779. The summed E-state index contributed by atoms with van der Waals surface area (Å²) in [5, 5.41) is 11.1. The fourth-order valence-corrected chi connectivity index (χ4v) is 3.14. The Hall–Kier alpha value is -0.870. The van der Waals surface area contributed by atoms with E-state index in [2.05, 4.69) is 22.4 Å². The predicted octanol–water partition coefficient (Wildman–Crippen LogP) is 2.48. The number of carboxylic acids is 1. The van der Waals surface area contributed by atoms with Crippen LogP contribution in [0.1, 0.15) is 24.1 Å². The summed E-state index contributed by atoms with van der Waals surface area (Å²) in [6, 6.07) is 4.25. The summed E-state index contributed by atoms with van der Waals surface area (Å²) in [5.41, 5.74) is 0. The Balaban J connectivity index is 1.70. The summed E-state index contributed by atoms with van der Waals surface area (Å²) < 4.78 is 0. The van der Waals surface area contributed by atoms with Gasteiger partial charge >= 0.3 is 5.97 Å². The van der Waals surface area contributed by atoms with Crippen molar-refractivity contribution in [2.24, 2.45) is 5.92 Å². The van der Waals surface area contributed by atoms with E-state index in [0.29, 0.717) is 0 Å². The van der Waals surface area contributed by atoms with E-state index in [-0.39, 0.29) is 5.92 Å². The van der Waals surface area contributed by atoms with Crippen molar-refractivity contribution in [1.82, 2.24) is 4.90 Å². The maximum Gasteiger partial charge on any atom is 0.307 e. The molecule has 0 amide bonds. The van der Waals surface area contributed by atoms with Crippen molar-refractivity contribution in [2.75, 3.05) is 19.6 Å². The molecule has 1 N–H and O–H groups in total. The number of thiophene rings is 1. The lowest BCUT2D eigenvalue weighted by molar-refractivity contribution is -0.143. The molecule has 1 atom stereocenters. The minimum Gasteiger partial charge on any atom is -0.481 e. The zero-order chi connectivity index (χ0) is 12.1. The van der Waals surface area contributed by atoms with Gasteiger partial charge in [0, 0.05) is 11.4 Å². The third-order valence-corrected chi connectivity index (χ3v) is 4.27. The third-order valence-electron chi connectivity index (χ3n) is 3.33. The van der Waals surface area contributed by atoms with Gasteiger partial charge in [-0.15, -0.1) is 11.3 Å². The Morgan fingerprint density at radius 1 is 1.59 bits per heavy atom. The fourth-order valence-electron chi connectivity index (χ4n) is 2.39. The number of aryl methyl sites for hydroxylation is 1. The van der Waals surface area contributed by atoms with Crippen LogP contribution in [-0.2, 0) is 11.2 Å². The van der Waals surface area contributed by atoms with Crippen LogP contribution in [0.4, 0.5) is 0 Å². The molecular formula is C13H19NO2S. The van der Waals surface area contributed by atoms with E-state index in [1.54, 1.807) is 11.3 Å². The second-order valence-corrected chi connectivity index (χ2v) is 5.69. The second kappa shape index (κ2) is 6.17. The number of carbonyl (C=O) groups is 1. The van der Waals surface area contributed by atoms with E-state index >= 15 is 0 Å². The quantitative estimate of drug-likeness (QED) is 0.876. The zero-order valence-corrected chi connectivity index (χ0v) is 10.8. The first-order valence-corrected chi connectivity index (χ1v) is 7.11. The van der Waals surface area contributed by atoms with Crippen molar-refractivity contribution in [3.63, 3.8) is 0 Å². The Bertz CT molecular complexity index is 350. The molecule has 1 fully saturated rings. The summed E-state index contributed by atoms with van der Waals surface area (Å²) in [4.78, 5) is 14.7. The maximum atomic E-state index is 10.9. The lowest BCUT2D eigenvalue weighted by atomic mass is 9.98. The standard InChI is InChI=1S/C13H19NO2S/c15-13(16)11-4-1-7-14(10-11)8-2-5-12-6-3-9-17-12/h3,6,9,11H,1-2,4-5,7-8,10H2,(H,15,16). The third kappa shape index (κ3) is 3.82. The molecule has 1 aliphatic heterocycles. The molecule has 2 rings (SSSR count). The summed E-state index contributed by atoms with van der Waals surface area (Å²) in [6.07, 6.45) is 4.12. The number of hydrogen-bond acceptors (Lipinski definition) is 3. The molecule has 1 aromatic rings. The van der Waals surface area contributed by atoms with Crippen molar-refractivity contribution in [3.05, 3.63) is 22.4 Å². The highest BCUT2D eigenvalue weighted by molar-refractivity contribution is 7.09. The number of rotatable bonds is 5. The van der Waals surface area contributed by atoms with Gasteiger partial charge in [-0.05, 0) is 50.2 Å². The van der Waals surface area contributed by atoms with Gasteiger partial charge in [0.15, 0.2) is 0 Å². The van der Waals surface area contributed by atoms with E-state index in [0.717, 1.165) is 45.3 Å². The molecule has 0 aliphatic carbocycles. The molecule has 3 nitrogen and oxygen atoms in total. The first-order valence-electron chi connectivity index (χ1n) is 6.23. The molecule has 0 radical (unpaired) electrons. The fraction of sp³-hybridized carbons (Fsp3) is 0.615. The first kappa shape index (κ1) is 12.6. The van der Waals surface area contributed by atoms with E-state index in [9.17, 15) is 4.79 Å². The first-order chi connectivity index (χ1) is 8.25. The van der Waals surface area contributed by atoms with Gasteiger partial charge in [0.2, 0.25) is 0 Å². The average molecular weight is 253 g/mol. The minimum atomic E-state index is -0.632. The number of aliphatic carboxylic acids is 1. The van der Waals surface area contributed by atoms with Crippen LogP contribution in [0.25, 0.3) is 0 Å². The molecule has 4 heteroatoms. The lowest BCUT2D eigenvalue weighted by Crippen LogP contribution is -2.39. The van der Waals surface area contributed by atoms with Gasteiger partial charge in [0.05, 0.1) is 5.92 Å². The SMILES string of the molecule is O=C(O)C1CCCN(CCCc2cccs2)C1. The largest absolute Gasteiger partial charge is 0.481 e. The van der Waals surface area contributed by atoms with Gasteiger partial charge in [-0.1, -0.05) is 6.07 Å². The van der Waals surface area contributed by atoms with Crippen molar-refractivity contribution >= 4 is 17.3 Å². The van der Waals surface area contributed by atoms with Crippen LogP contribution in [0, 0.1) is 5.92 Å². The monoisotopic (exact) mass is 253 g/mol. The molecule has 1 aliphatic rings. The summed E-state index contributed by atoms with van der Waals surface area (Å²) in [7, 11) is 0.